The van der Waals surface area contributed by atoms with Crippen molar-refractivity contribution in [3.63, 3.8) is 0 Å². The van der Waals surface area contributed by atoms with Crippen molar-refractivity contribution < 1.29 is 22.4 Å². The second-order valence-corrected chi connectivity index (χ2v) is 4.31. The first kappa shape index (κ1) is 15.0. The Morgan fingerprint density at radius 1 is 0.905 bits per heavy atom. The molecule has 0 saturated heterocycles. The van der Waals surface area contributed by atoms with Gasteiger partial charge in [0.15, 0.2) is 5.83 Å². The molecule has 0 aliphatic carbocycles. The Kier molecular flexibility index (Phi) is 4.21. The van der Waals surface area contributed by atoms with Crippen molar-refractivity contribution in [3.8, 4) is 0 Å². The number of allylic oxidation sites excluding steroid dienone is 1. The lowest BCUT2D eigenvalue weighted by Crippen LogP contribution is -2.04. The highest BCUT2D eigenvalue weighted by Gasteiger charge is 2.29. The second-order valence-electron chi connectivity index (χ2n) is 4.31. The summed E-state index contributed by atoms with van der Waals surface area (Å²) in [6, 6.07) is 11.7. The van der Waals surface area contributed by atoms with Crippen molar-refractivity contribution in [1.82, 2.24) is 0 Å². The van der Waals surface area contributed by atoms with Crippen LogP contribution in [0.15, 0.2) is 60.4 Å². The van der Waals surface area contributed by atoms with Gasteiger partial charge in [-0.1, -0.05) is 42.5 Å². The highest BCUT2D eigenvalue weighted by molar-refractivity contribution is 6.09. The topological polar surface area (TPSA) is 17.1 Å². The van der Waals surface area contributed by atoms with Gasteiger partial charge in [-0.3, -0.25) is 4.79 Å². The molecule has 21 heavy (non-hydrogen) atoms. The van der Waals surface area contributed by atoms with Gasteiger partial charge in [0.25, 0.3) is 0 Å². The number of carbonyl (C=O) groups is 1. The number of halogens is 4. The lowest BCUT2D eigenvalue weighted by Gasteiger charge is -2.06. The highest BCUT2D eigenvalue weighted by atomic mass is 19.4. The van der Waals surface area contributed by atoms with Crippen LogP contribution in [-0.2, 0) is 6.18 Å². The van der Waals surface area contributed by atoms with Gasteiger partial charge in [-0.15, -0.1) is 0 Å². The van der Waals surface area contributed by atoms with Gasteiger partial charge < -0.3 is 0 Å². The van der Waals surface area contributed by atoms with E-state index in [4.69, 9.17) is 0 Å². The maximum Gasteiger partial charge on any atom is 0.416 e. The van der Waals surface area contributed by atoms with Crippen molar-refractivity contribution in [1.29, 1.82) is 0 Å². The fraction of sp³-hybridized carbons (Fsp3) is 0.0625. The number of hydrogen-bond acceptors (Lipinski definition) is 1. The molecule has 5 heteroatoms. The summed E-state index contributed by atoms with van der Waals surface area (Å²) in [4.78, 5) is 11.8. The third kappa shape index (κ3) is 3.78. The van der Waals surface area contributed by atoms with E-state index in [1.165, 1.54) is 12.1 Å². The van der Waals surface area contributed by atoms with E-state index in [0.717, 1.165) is 30.3 Å². The third-order valence-corrected chi connectivity index (χ3v) is 2.78. The average molecular weight is 294 g/mol. The Bertz CT molecular complexity index is 655. The van der Waals surface area contributed by atoms with Gasteiger partial charge >= 0.3 is 6.18 Å². The third-order valence-electron chi connectivity index (χ3n) is 2.78. The summed E-state index contributed by atoms with van der Waals surface area (Å²) in [5.41, 5.74) is -0.461. The summed E-state index contributed by atoms with van der Waals surface area (Å²) in [5, 5.41) is 0. The van der Waals surface area contributed by atoms with E-state index in [0.29, 0.717) is 0 Å². The molecule has 0 saturated carbocycles. The fourth-order valence-electron chi connectivity index (χ4n) is 1.71. The smallest absolute Gasteiger partial charge is 0.286 e. The first-order valence-electron chi connectivity index (χ1n) is 6.02. The van der Waals surface area contributed by atoms with Gasteiger partial charge in [-0.05, 0) is 23.8 Å². The largest absolute Gasteiger partial charge is 0.416 e. The monoisotopic (exact) mass is 294 g/mol. The minimum absolute atomic E-state index is 0.179. The number of rotatable bonds is 3. The van der Waals surface area contributed by atoms with Crippen LogP contribution in [0.5, 0.6) is 0 Å². The zero-order chi connectivity index (χ0) is 15.5. The predicted octanol–water partition coefficient (Wildman–Crippen LogP) is 4.90. The Morgan fingerprint density at radius 2 is 1.48 bits per heavy atom. The molecular weight excluding hydrogens is 284 g/mol. The Balaban J connectivity index is 2.21. The van der Waals surface area contributed by atoms with Crippen LogP contribution in [0.25, 0.3) is 6.08 Å². The molecule has 0 fully saturated rings. The molecule has 1 nitrogen and oxygen atoms in total. The molecule has 0 amide bonds. The van der Waals surface area contributed by atoms with Crippen LogP contribution < -0.4 is 0 Å². The summed E-state index contributed by atoms with van der Waals surface area (Å²) in [6.45, 7) is 0. The molecule has 0 unspecified atom stereocenters. The quantitative estimate of drug-likeness (QED) is 0.447. The molecule has 0 radical (unpaired) electrons. The number of ketones is 1. The molecule has 0 atom stereocenters. The van der Waals surface area contributed by atoms with Gasteiger partial charge in [0.05, 0.1) is 5.56 Å². The molecule has 0 bridgehead atoms. The zero-order valence-electron chi connectivity index (χ0n) is 10.7. The van der Waals surface area contributed by atoms with Crippen LogP contribution in [0.4, 0.5) is 17.6 Å². The first-order valence-corrected chi connectivity index (χ1v) is 6.02. The maximum absolute atomic E-state index is 13.8. The summed E-state index contributed by atoms with van der Waals surface area (Å²) in [6.07, 6.45) is -3.53. The SMILES string of the molecule is O=C(/C(F)=C/c1ccc(C(F)(F)F)cc1)c1ccccc1. The van der Waals surface area contributed by atoms with Crippen molar-refractivity contribution in [2.45, 2.75) is 6.18 Å². The van der Waals surface area contributed by atoms with E-state index in [2.05, 4.69) is 0 Å². The number of benzene rings is 2. The molecule has 2 aromatic carbocycles. The van der Waals surface area contributed by atoms with Crippen LogP contribution in [0.1, 0.15) is 21.5 Å². The summed E-state index contributed by atoms with van der Waals surface area (Å²) < 4.78 is 51.0. The molecule has 0 spiro atoms. The van der Waals surface area contributed by atoms with E-state index in [-0.39, 0.29) is 11.1 Å². The van der Waals surface area contributed by atoms with Gasteiger partial charge in [-0.25, -0.2) is 4.39 Å². The van der Waals surface area contributed by atoms with E-state index < -0.39 is 23.3 Å². The Morgan fingerprint density at radius 3 is 2.00 bits per heavy atom. The van der Waals surface area contributed by atoms with Crippen molar-refractivity contribution in [2.75, 3.05) is 0 Å². The van der Waals surface area contributed by atoms with E-state index in [1.54, 1.807) is 18.2 Å². The van der Waals surface area contributed by atoms with Crippen molar-refractivity contribution in [3.05, 3.63) is 77.1 Å². The standard InChI is InChI=1S/C16H10F4O/c17-14(15(21)12-4-2-1-3-5-12)10-11-6-8-13(9-7-11)16(18,19)20/h1-10H/b14-10-. The molecule has 0 N–H and O–H groups in total. The van der Waals surface area contributed by atoms with Gasteiger partial charge in [-0.2, -0.15) is 13.2 Å². The Hall–Kier alpha value is -2.43. The minimum atomic E-state index is -4.44. The average Bonchev–Trinajstić information content (AvgIpc) is 2.47. The normalized spacial score (nSPS) is 12.3. The van der Waals surface area contributed by atoms with Crippen LogP contribution in [0.3, 0.4) is 0 Å². The molecule has 0 aliphatic heterocycles. The number of Topliss-reactive ketones (excluding diaryl/α,β-unsaturated/α-hetero) is 1. The molecule has 2 aromatic rings. The summed E-state index contributed by atoms with van der Waals surface area (Å²) in [7, 11) is 0. The fourth-order valence-corrected chi connectivity index (χ4v) is 1.71. The van der Waals surface area contributed by atoms with Gasteiger partial charge in [0.2, 0.25) is 5.78 Å². The number of carbonyl (C=O) groups excluding carboxylic acids is 1. The maximum atomic E-state index is 13.8. The molecular formula is C16H10F4O. The van der Waals surface area contributed by atoms with Crippen LogP contribution in [0.2, 0.25) is 0 Å². The van der Waals surface area contributed by atoms with E-state index in [1.807, 2.05) is 0 Å². The summed E-state index contributed by atoms with van der Waals surface area (Å²) in [5.74, 6) is -1.84. The lowest BCUT2D eigenvalue weighted by atomic mass is 10.1. The van der Waals surface area contributed by atoms with E-state index >= 15 is 0 Å². The molecule has 0 heterocycles. The summed E-state index contributed by atoms with van der Waals surface area (Å²) >= 11 is 0. The highest BCUT2D eigenvalue weighted by Crippen LogP contribution is 2.29. The molecule has 0 aromatic heterocycles. The molecule has 0 aliphatic rings. The number of alkyl halides is 3. The van der Waals surface area contributed by atoms with Crippen molar-refractivity contribution >= 4 is 11.9 Å². The molecule has 108 valence electrons. The van der Waals surface area contributed by atoms with Crippen LogP contribution >= 0.6 is 0 Å². The minimum Gasteiger partial charge on any atom is -0.286 e. The lowest BCUT2D eigenvalue weighted by molar-refractivity contribution is -0.137. The van der Waals surface area contributed by atoms with Crippen molar-refractivity contribution in [2.24, 2.45) is 0 Å². The molecule has 2 rings (SSSR count). The van der Waals surface area contributed by atoms with Crippen LogP contribution in [0, 0.1) is 0 Å². The second kappa shape index (κ2) is 5.91. The Labute approximate surface area is 118 Å². The van der Waals surface area contributed by atoms with E-state index in [9.17, 15) is 22.4 Å². The van der Waals surface area contributed by atoms with Gasteiger partial charge in [0.1, 0.15) is 0 Å². The predicted molar refractivity (Wildman–Crippen MR) is 71.3 cm³/mol. The zero-order valence-corrected chi connectivity index (χ0v) is 10.7. The first-order chi connectivity index (χ1) is 9.88. The number of hydrogen-bond donors (Lipinski definition) is 0. The van der Waals surface area contributed by atoms with Gasteiger partial charge in [0, 0.05) is 5.56 Å². The van der Waals surface area contributed by atoms with Crippen LogP contribution in [-0.4, -0.2) is 5.78 Å².